The molecule has 1 aliphatic rings. The fraction of sp³-hybridized carbons (Fsp3) is 0.500. The molecule has 1 aliphatic heterocycles. The van der Waals surface area contributed by atoms with Crippen molar-refractivity contribution in [3.05, 3.63) is 22.8 Å². The molecule has 0 fully saturated rings. The van der Waals surface area contributed by atoms with E-state index >= 15 is 0 Å². The summed E-state index contributed by atoms with van der Waals surface area (Å²) in [7, 11) is 0. The van der Waals surface area contributed by atoms with E-state index in [0.717, 1.165) is 22.6 Å². The zero-order valence-corrected chi connectivity index (χ0v) is 9.68. The third-order valence-corrected chi connectivity index (χ3v) is 2.92. The lowest BCUT2D eigenvalue weighted by molar-refractivity contribution is 0.173. The van der Waals surface area contributed by atoms with E-state index in [0.29, 0.717) is 6.79 Å². The number of nitrogens with two attached hydrogens (primary N) is 1. The number of hydrogen-bond donors (Lipinski definition) is 1. The van der Waals surface area contributed by atoms with E-state index < -0.39 is 0 Å². The van der Waals surface area contributed by atoms with Crippen LogP contribution in [0.4, 0.5) is 0 Å². The van der Waals surface area contributed by atoms with Crippen LogP contribution < -0.4 is 15.2 Å². The predicted molar refractivity (Wildman–Crippen MR) is 59.3 cm³/mol. The molecule has 82 valence electrons. The van der Waals surface area contributed by atoms with Crippen LogP contribution >= 0.6 is 0 Å². The lowest BCUT2D eigenvalue weighted by Gasteiger charge is -2.23. The number of rotatable bonds is 1. The fourth-order valence-electron chi connectivity index (χ4n) is 1.97. The zero-order valence-electron chi connectivity index (χ0n) is 9.68. The van der Waals surface area contributed by atoms with Crippen molar-refractivity contribution in [3.63, 3.8) is 0 Å². The molecule has 0 aliphatic carbocycles. The molecule has 0 saturated heterocycles. The van der Waals surface area contributed by atoms with Crippen molar-refractivity contribution in [3.8, 4) is 11.5 Å². The number of ether oxygens (including phenoxy) is 2. The number of benzene rings is 1. The van der Waals surface area contributed by atoms with Gasteiger partial charge < -0.3 is 15.2 Å². The maximum Gasteiger partial charge on any atom is 0.231 e. The van der Waals surface area contributed by atoms with Gasteiger partial charge in [-0.15, -0.1) is 0 Å². The minimum Gasteiger partial charge on any atom is -0.454 e. The minimum atomic E-state index is -0.351. The first-order valence-corrected chi connectivity index (χ1v) is 5.10. The molecule has 1 aromatic carbocycles. The molecule has 15 heavy (non-hydrogen) atoms. The molecule has 0 spiro atoms. The van der Waals surface area contributed by atoms with E-state index in [2.05, 4.69) is 6.92 Å². The van der Waals surface area contributed by atoms with Gasteiger partial charge in [-0.05, 0) is 50.5 Å². The molecular weight excluding hydrogens is 190 g/mol. The van der Waals surface area contributed by atoms with Crippen molar-refractivity contribution in [2.45, 2.75) is 33.2 Å². The molecule has 0 amide bonds. The SMILES string of the molecule is Cc1c(C(C)(C)N)cc2c(c1C)OCO2. The van der Waals surface area contributed by atoms with Crippen LogP contribution in [0.15, 0.2) is 6.07 Å². The highest BCUT2D eigenvalue weighted by Gasteiger charge is 2.25. The largest absolute Gasteiger partial charge is 0.454 e. The Morgan fingerprint density at radius 3 is 2.47 bits per heavy atom. The van der Waals surface area contributed by atoms with Crippen LogP contribution in [0.3, 0.4) is 0 Å². The third kappa shape index (κ3) is 1.57. The van der Waals surface area contributed by atoms with E-state index in [1.165, 1.54) is 5.56 Å². The van der Waals surface area contributed by atoms with Gasteiger partial charge in [0, 0.05) is 5.54 Å². The Hall–Kier alpha value is -1.22. The fourth-order valence-corrected chi connectivity index (χ4v) is 1.97. The van der Waals surface area contributed by atoms with Gasteiger partial charge in [-0.3, -0.25) is 0 Å². The molecule has 0 unspecified atom stereocenters. The van der Waals surface area contributed by atoms with Crippen LogP contribution in [-0.4, -0.2) is 6.79 Å². The van der Waals surface area contributed by atoms with Crippen molar-refractivity contribution < 1.29 is 9.47 Å². The van der Waals surface area contributed by atoms with Crippen LogP contribution in [0.25, 0.3) is 0 Å². The molecule has 0 saturated carbocycles. The summed E-state index contributed by atoms with van der Waals surface area (Å²) in [6.45, 7) is 8.41. The van der Waals surface area contributed by atoms with Gasteiger partial charge in [-0.25, -0.2) is 0 Å². The molecule has 0 radical (unpaired) electrons. The first kappa shape index (κ1) is 10.3. The number of fused-ring (bicyclic) bond motifs is 1. The Balaban J connectivity index is 2.64. The second-order valence-corrected chi connectivity index (χ2v) is 4.63. The van der Waals surface area contributed by atoms with Crippen LogP contribution in [0.5, 0.6) is 11.5 Å². The van der Waals surface area contributed by atoms with Gasteiger partial charge in [0.1, 0.15) is 0 Å². The van der Waals surface area contributed by atoms with Gasteiger partial charge >= 0.3 is 0 Å². The third-order valence-electron chi connectivity index (χ3n) is 2.92. The Bertz CT molecular complexity index is 405. The summed E-state index contributed by atoms with van der Waals surface area (Å²) < 4.78 is 10.8. The molecule has 1 heterocycles. The molecule has 3 heteroatoms. The molecule has 0 bridgehead atoms. The highest BCUT2D eigenvalue weighted by atomic mass is 16.7. The van der Waals surface area contributed by atoms with Crippen molar-refractivity contribution in [1.29, 1.82) is 0 Å². The molecular formula is C12H17NO2. The van der Waals surface area contributed by atoms with Gasteiger partial charge in [-0.1, -0.05) is 0 Å². The van der Waals surface area contributed by atoms with Crippen molar-refractivity contribution in [2.75, 3.05) is 6.79 Å². The zero-order chi connectivity index (χ0) is 11.2. The van der Waals surface area contributed by atoms with E-state index in [1.807, 2.05) is 26.8 Å². The topological polar surface area (TPSA) is 44.5 Å². The molecule has 0 atom stereocenters. The molecule has 3 nitrogen and oxygen atoms in total. The Morgan fingerprint density at radius 2 is 1.87 bits per heavy atom. The minimum absolute atomic E-state index is 0.310. The van der Waals surface area contributed by atoms with Crippen molar-refractivity contribution >= 4 is 0 Å². The van der Waals surface area contributed by atoms with Crippen molar-refractivity contribution in [2.24, 2.45) is 5.73 Å². The standard InChI is InChI=1S/C12H17NO2/c1-7-8(2)11-10(14-6-15-11)5-9(7)12(3,4)13/h5H,6,13H2,1-4H3. The Kier molecular flexibility index (Phi) is 2.15. The first-order valence-electron chi connectivity index (χ1n) is 5.10. The van der Waals surface area contributed by atoms with Gasteiger partial charge in [0.25, 0.3) is 0 Å². The highest BCUT2D eigenvalue weighted by Crippen LogP contribution is 2.40. The lowest BCUT2D eigenvalue weighted by Crippen LogP contribution is -2.29. The maximum atomic E-state index is 6.12. The van der Waals surface area contributed by atoms with E-state index in [4.69, 9.17) is 15.2 Å². The number of hydrogen-bond acceptors (Lipinski definition) is 3. The summed E-state index contributed by atoms with van der Waals surface area (Å²) in [5.74, 6) is 1.67. The molecule has 2 rings (SSSR count). The maximum absolute atomic E-state index is 6.12. The average molecular weight is 207 g/mol. The monoisotopic (exact) mass is 207 g/mol. The van der Waals surface area contributed by atoms with Crippen LogP contribution in [0, 0.1) is 13.8 Å². The second-order valence-electron chi connectivity index (χ2n) is 4.63. The molecule has 1 aromatic rings. The molecule has 2 N–H and O–H groups in total. The smallest absolute Gasteiger partial charge is 0.231 e. The quantitative estimate of drug-likeness (QED) is 0.768. The first-order chi connectivity index (χ1) is 6.91. The average Bonchev–Trinajstić information content (AvgIpc) is 2.57. The highest BCUT2D eigenvalue weighted by molar-refractivity contribution is 5.56. The summed E-state index contributed by atoms with van der Waals surface area (Å²) in [6.07, 6.45) is 0. The predicted octanol–water partition coefficient (Wildman–Crippen LogP) is 2.23. The lowest BCUT2D eigenvalue weighted by atomic mass is 9.88. The van der Waals surface area contributed by atoms with Crippen LogP contribution in [-0.2, 0) is 5.54 Å². The Morgan fingerprint density at radius 1 is 1.20 bits per heavy atom. The van der Waals surface area contributed by atoms with Gasteiger partial charge in [-0.2, -0.15) is 0 Å². The summed E-state index contributed by atoms with van der Waals surface area (Å²) in [5, 5.41) is 0. The van der Waals surface area contributed by atoms with Crippen molar-refractivity contribution in [1.82, 2.24) is 0 Å². The summed E-state index contributed by atoms with van der Waals surface area (Å²) >= 11 is 0. The van der Waals surface area contributed by atoms with Crippen LogP contribution in [0.2, 0.25) is 0 Å². The normalized spacial score (nSPS) is 14.5. The van der Waals surface area contributed by atoms with E-state index in [1.54, 1.807) is 0 Å². The van der Waals surface area contributed by atoms with Gasteiger partial charge in [0.05, 0.1) is 0 Å². The summed E-state index contributed by atoms with van der Waals surface area (Å²) in [6, 6.07) is 1.99. The Labute approximate surface area is 90.2 Å². The second kappa shape index (κ2) is 3.14. The van der Waals surface area contributed by atoms with Gasteiger partial charge in [0.15, 0.2) is 11.5 Å². The van der Waals surface area contributed by atoms with E-state index in [9.17, 15) is 0 Å². The summed E-state index contributed by atoms with van der Waals surface area (Å²) in [4.78, 5) is 0. The van der Waals surface area contributed by atoms with Gasteiger partial charge in [0.2, 0.25) is 6.79 Å². The van der Waals surface area contributed by atoms with E-state index in [-0.39, 0.29) is 5.54 Å². The summed E-state index contributed by atoms with van der Waals surface area (Å²) in [5.41, 5.74) is 9.20. The van der Waals surface area contributed by atoms with Crippen LogP contribution in [0.1, 0.15) is 30.5 Å². The molecule has 0 aromatic heterocycles.